The summed E-state index contributed by atoms with van der Waals surface area (Å²) in [5, 5.41) is 1.39. The second kappa shape index (κ2) is 6.00. The van der Waals surface area contributed by atoms with E-state index in [0.29, 0.717) is 4.96 Å². The third kappa shape index (κ3) is 3.79. The molecule has 0 aromatic carbocycles. The number of sulfonamides is 1. The molecule has 2 heterocycles. The number of nitrogens with two attached hydrogens (primary N) is 1. The van der Waals surface area contributed by atoms with Gasteiger partial charge < -0.3 is 5.43 Å². The fourth-order valence-corrected chi connectivity index (χ4v) is 4.14. The molecular formula is C8H10F3N5O2S3. The van der Waals surface area contributed by atoms with Gasteiger partial charge >= 0.3 is 5.51 Å². The van der Waals surface area contributed by atoms with Crippen LogP contribution in [0.25, 0.3) is 4.96 Å². The zero-order chi connectivity index (χ0) is 15.7. The molecule has 0 fully saturated rings. The lowest BCUT2D eigenvalue weighted by Gasteiger charge is -2.08. The molecule has 0 spiro atoms. The number of alkyl halides is 3. The van der Waals surface area contributed by atoms with Crippen molar-refractivity contribution in [3.05, 3.63) is 11.6 Å². The Bertz CT molecular complexity index is 723. The summed E-state index contributed by atoms with van der Waals surface area (Å²) in [5.41, 5.74) is -2.23. The minimum atomic E-state index is -4.40. The van der Waals surface area contributed by atoms with Gasteiger partial charge in [-0.1, -0.05) is 0 Å². The number of anilines is 1. The first kappa shape index (κ1) is 16.4. The molecule has 0 atom stereocenters. The highest BCUT2D eigenvalue weighted by Crippen LogP contribution is 2.29. The van der Waals surface area contributed by atoms with Crippen LogP contribution in [0, 0.1) is 0 Å². The first-order valence-electron chi connectivity index (χ1n) is 5.37. The maximum absolute atomic E-state index is 12.2. The highest BCUT2D eigenvalue weighted by molar-refractivity contribution is 8.00. The second-order valence-corrected chi connectivity index (χ2v) is 7.37. The third-order valence-corrected chi connectivity index (χ3v) is 5.24. The van der Waals surface area contributed by atoms with Gasteiger partial charge in [-0.2, -0.15) is 18.2 Å². The highest BCUT2D eigenvalue weighted by Gasteiger charge is 2.29. The van der Waals surface area contributed by atoms with E-state index in [2.05, 4.69) is 15.1 Å². The van der Waals surface area contributed by atoms with E-state index >= 15 is 0 Å². The number of imidazole rings is 1. The first-order valence-corrected chi connectivity index (χ1v) is 8.72. The summed E-state index contributed by atoms with van der Waals surface area (Å²) in [5.74, 6) is 4.71. The summed E-state index contributed by atoms with van der Waals surface area (Å²) in [4.78, 5) is 4.36. The van der Waals surface area contributed by atoms with Crippen molar-refractivity contribution in [2.45, 2.75) is 10.5 Å². The van der Waals surface area contributed by atoms with Crippen molar-refractivity contribution in [1.82, 2.24) is 14.1 Å². The van der Waals surface area contributed by atoms with Crippen LogP contribution in [0.2, 0.25) is 0 Å². The van der Waals surface area contributed by atoms with Gasteiger partial charge in [-0.25, -0.2) is 19.0 Å². The zero-order valence-corrected chi connectivity index (χ0v) is 12.7. The van der Waals surface area contributed by atoms with Gasteiger partial charge in [0.25, 0.3) is 10.0 Å². The van der Waals surface area contributed by atoms with Gasteiger partial charge in [0.05, 0.1) is 0 Å². The lowest BCUT2D eigenvalue weighted by molar-refractivity contribution is -0.0327. The highest BCUT2D eigenvalue weighted by atomic mass is 32.2. The van der Waals surface area contributed by atoms with Crippen molar-refractivity contribution in [2.24, 2.45) is 5.84 Å². The molecule has 13 heteroatoms. The van der Waals surface area contributed by atoms with E-state index in [9.17, 15) is 21.6 Å². The van der Waals surface area contributed by atoms with Crippen molar-refractivity contribution >= 4 is 43.9 Å². The minimum Gasteiger partial charge on any atom is -0.306 e. The standard InChI is InChI=1S/C8H10F3N5O2S3/c9-8(10,11)20-3-1-13-21(17,18)6-5(15-12)14-7-16(6)2-4-19-7/h2,4,13,15H,1,3,12H2. The number of hydrogen-bond acceptors (Lipinski definition) is 7. The van der Waals surface area contributed by atoms with Crippen LogP contribution in [0.4, 0.5) is 19.0 Å². The Morgan fingerprint density at radius 2 is 2.19 bits per heavy atom. The number of halogens is 3. The first-order chi connectivity index (χ1) is 9.74. The van der Waals surface area contributed by atoms with Gasteiger partial charge in [-0.15, -0.1) is 11.3 Å². The molecule has 2 aromatic heterocycles. The van der Waals surface area contributed by atoms with E-state index in [-0.39, 0.29) is 29.2 Å². The normalized spacial score (nSPS) is 13.0. The van der Waals surface area contributed by atoms with Crippen molar-refractivity contribution in [3.63, 3.8) is 0 Å². The lowest BCUT2D eigenvalue weighted by atomic mass is 10.7. The lowest BCUT2D eigenvalue weighted by Crippen LogP contribution is -2.28. The molecule has 0 saturated carbocycles. The molecule has 0 unspecified atom stereocenters. The van der Waals surface area contributed by atoms with E-state index in [1.165, 1.54) is 21.9 Å². The van der Waals surface area contributed by atoms with Gasteiger partial charge in [0.15, 0.2) is 10.8 Å². The maximum Gasteiger partial charge on any atom is 0.441 e. The summed E-state index contributed by atoms with van der Waals surface area (Å²) in [6.45, 7) is -0.367. The van der Waals surface area contributed by atoms with Crippen LogP contribution in [0.5, 0.6) is 0 Å². The fraction of sp³-hybridized carbons (Fsp3) is 0.375. The van der Waals surface area contributed by atoms with E-state index in [4.69, 9.17) is 5.84 Å². The van der Waals surface area contributed by atoms with Crippen molar-refractivity contribution in [3.8, 4) is 0 Å². The largest absolute Gasteiger partial charge is 0.441 e. The van der Waals surface area contributed by atoms with Crippen LogP contribution < -0.4 is 16.0 Å². The summed E-state index contributed by atoms with van der Waals surface area (Å²) >= 11 is 0.896. The van der Waals surface area contributed by atoms with Gasteiger partial charge in [0, 0.05) is 23.9 Å². The molecule has 0 radical (unpaired) electrons. The summed E-state index contributed by atoms with van der Waals surface area (Å²) in [6, 6.07) is 0. The molecule has 0 aliphatic rings. The van der Waals surface area contributed by atoms with Gasteiger partial charge in [-0.05, 0) is 11.8 Å². The second-order valence-electron chi connectivity index (χ2n) is 3.66. The predicted molar refractivity (Wildman–Crippen MR) is 74.6 cm³/mol. The molecule has 2 aromatic rings. The number of rotatable bonds is 6. The Balaban J connectivity index is 2.16. The summed E-state index contributed by atoms with van der Waals surface area (Å²) < 4.78 is 63.6. The quantitative estimate of drug-likeness (QED) is 0.406. The number of nitrogens with one attached hydrogen (secondary N) is 2. The smallest absolute Gasteiger partial charge is 0.306 e. The van der Waals surface area contributed by atoms with Crippen LogP contribution >= 0.6 is 23.1 Å². The number of nitrogen functional groups attached to an aromatic ring is 1. The molecule has 0 bridgehead atoms. The molecule has 7 nitrogen and oxygen atoms in total. The molecule has 0 saturated heterocycles. The number of thioether (sulfide) groups is 1. The van der Waals surface area contributed by atoms with Crippen LogP contribution in [0.3, 0.4) is 0 Å². The van der Waals surface area contributed by atoms with E-state index < -0.39 is 21.3 Å². The molecular weight excluding hydrogens is 351 g/mol. The Morgan fingerprint density at radius 3 is 2.81 bits per heavy atom. The van der Waals surface area contributed by atoms with Gasteiger partial charge in [-0.3, -0.25) is 4.40 Å². The van der Waals surface area contributed by atoms with Crippen molar-refractivity contribution in [2.75, 3.05) is 17.7 Å². The summed E-state index contributed by atoms with van der Waals surface area (Å²) in [7, 11) is -4.04. The Kier molecular flexibility index (Phi) is 4.67. The van der Waals surface area contributed by atoms with Crippen LogP contribution in [0.15, 0.2) is 16.6 Å². The molecule has 118 valence electrons. The average molecular weight is 361 g/mol. The zero-order valence-electron chi connectivity index (χ0n) is 10.2. The summed E-state index contributed by atoms with van der Waals surface area (Å²) in [6.07, 6.45) is 1.48. The van der Waals surface area contributed by atoms with Crippen LogP contribution in [-0.4, -0.2) is 35.6 Å². The van der Waals surface area contributed by atoms with Gasteiger partial charge in [0.1, 0.15) is 0 Å². The molecule has 2 rings (SSSR count). The number of aromatic nitrogens is 2. The number of fused-ring (bicyclic) bond motifs is 1. The molecule has 0 aliphatic carbocycles. The molecule has 0 amide bonds. The molecule has 0 aliphatic heterocycles. The Labute approximate surface area is 125 Å². The SMILES string of the molecule is NNc1nc2sccn2c1S(=O)(=O)NCCSC(F)(F)F. The Morgan fingerprint density at radius 1 is 1.48 bits per heavy atom. The monoisotopic (exact) mass is 361 g/mol. The van der Waals surface area contributed by atoms with E-state index in [0.717, 1.165) is 0 Å². The number of thiazole rings is 1. The van der Waals surface area contributed by atoms with Gasteiger partial charge in [0.2, 0.25) is 5.03 Å². The number of hydrazine groups is 1. The van der Waals surface area contributed by atoms with E-state index in [1.807, 2.05) is 0 Å². The maximum atomic E-state index is 12.2. The van der Waals surface area contributed by atoms with E-state index in [1.54, 1.807) is 5.38 Å². The molecule has 21 heavy (non-hydrogen) atoms. The average Bonchev–Trinajstić information content (AvgIpc) is 2.92. The molecule has 4 N–H and O–H groups in total. The number of hydrogen-bond donors (Lipinski definition) is 3. The van der Waals surface area contributed by atoms with Crippen molar-refractivity contribution < 1.29 is 21.6 Å². The fourth-order valence-electron chi connectivity index (χ4n) is 1.53. The topological polar surface area (TPSA) is 102 Å². The predicted octanol–water partition coefficient (Wildman–Crippen LogP) is 1.21. The van der Waals surface area contributed by atoms with Crippen molar-refractivity contribution in [1.29, 1.82) is 0 Å². The minimum absolute atomic E-state index is 0.0715. The Hall–Kier alpha value is -1.02. The van der Waals surface area contributed by atoms with Crippen LogP contribution in [-0.2, 0) is 10.0 Å². The number of nitrogens with zero attached hydrogens (tertiary/aromatic N) is 2. The third-order valence-electron chi connectivity index (χ3n) is 2.27. The van der Waals surface area contributed by atoms with Crippen LogP contribution in [0.1, 0.15) is 0 Å².